The van der Waals surface area contributed by atoms with Crippen molar-refractivity contribution in [1.29, 1.82) is 0 Å². The molecule has 0 aliphatic rings. The summed E-state index contributed by atoms with van der Waals surface area (Å²) in [6, 6.07) is 6.21. The van der Waals surface area contributed by atoms with E-state index in [2.05, 4.69) is 10.6 Å². The molecule has 0 atom stereocenters. The highest BCUT2D eigenvalue weighted by Crippen LogP contribution is 2.17. The van der Waals surface area contributed by atoms with Crippen LogP contribution in [0.15, 0.2) is 29.2 Å². The summed E-state index contributed by atoms with van der Waals surface area (Å²) < 4.78 is 25.0. The first kappa shape index (κ1) is 15.6. The third-order valence-electron chi connectivity index (χ3n) is 2.50. The molecule has 0 aromatic heterocycles. The average Bonchev–Trinajstić information content (AvgIpc) is 2.36. The van der Waals surface area contributed by atoms with Crippen LogP contribution in [0.4, 0.5) is 5.69 Å². The molecule has 6 nitrogen and oxygen atoms in total. The summed E-state index contributed by atoms with van der Waals surface area (Å²) in [7, 11) is 1.21. The first-order valence-electron chi connectivity index (χ1n) is 5.85. The molecule has 19 heavy (non-hydrogen) atoms. The van der Waals surface area contributed by atoms with Crippen molar-refractivity contribution in [3.63, 3.8) is 0 Å². The second-order valence-corrected chi connectivity index (χ2v) is 6.37. The standard InChI is InChI=1S/C12H19N3O3S/c1-13-8-7-12(16)14-10-5-4-6-11(9-10)19(17,18)15(2)3/h4-6,9,13H,7-8H2,1-3H3,(H,14,16). The van der Waals surface area contributed by atoms with E-state index in [-0.39, 0.29) is 10.8 Å². The summed E-state index contributed by atoms with van der Waals surface area (Å²) in [4.78, 5) is 11.7. The first-order chi connectivity index (χ1) is 8.87. The Morgan fingerprint density at radius 1 is 1.32 bits per heavy atom. The molecule has 0 spiro atoms. The van der Waals surface area contributed by atoms with E-state index in [0.29, 0.717) is 18.7 Å². The number of hydrogen-bond acceptors (Lipinski definition) is 4. The number of rotatable bonds is 6. The SMILES string of the molecule is CNCCC(=O)Nc1cccc(S(=O)(=O)N(C)C)c1. The van der Waals surface area contributed by atoms with Gasteiger partial charge in [-0.05, 0) is 25.2 Å². The van der Waals surface area contributed by atoms with E-state index < -0.39 is 10.0 Å². The molecular weight excluding hydrogens is 266 g/mol. The van der Waals surface area contributed by atoms with Crippen LogP contribution in [0.1, 0.15) is 6.42 Å². The van der Waals surface area contributed by atoms with Crippen LogP contribution >= 0.6 is 0 Å². The van der Waals surface area contributed by atoms with Crippen LogP contribution in [0, 0.1) is 0 Å². The number of amides is 1. The lowest BCUT2D eigenvalue weighted by Gasteiger charge is -2.12. The molecule has 1 rings (SSSR count). The number of sulfonamides is 1. The maximum Gasteiger partial charge on any atom is 0.242 e. The quantitative estimate of drug-likeness (QED) is 0.797. The van der Waals surface area contributed by atoms with E-state index in [1.165, 1.54) is 26.2 Å². The minimum Gasteiger partial charge on any atom is -0.326 e. The Labute approximate surface area is 113 Å². The number of nitrogens with zero attached hydrogens (tertiary/aromatic N) is 1. The Morgan fingerprint density at radius 2 is 2.00 bits per heavy atom. The number of anilines is 1. The summed E-state index contributed by atoms with van der Waals surface area (Å²) in [6.07, 6.45) is 0.334. The van der Waals surface area contributed by atoms with Crippen LogP contribution in [0.25, 0.3) is 0 Å². The molecular formula is C12H19N3O3S. The van der Waals surface area contributed by atoms with Crippen molar-refractivity contribution < 1.29 is 13.2 Å². The van der Waals surface area contributed by atoms with Crippen LogP contribution in [0.5, 0.6) is 0 Å². The van der Waals surface area contributed by atoms with E-state index in [1.54, 1.807) is 19.2 Å². The molecule has 0 bridgehead atoms. The minimum atomic E-state index is -3.48. The molecule has 7 heteroatoms. The minimum absolute atomic E-state index is 0.156. The Hall–Kier alpha value is -1.44. The van der Waals surface area contributed by atoms with Gasteiger partial charge in [0.2, 0.25) is 15.9 Å². The fourth-order valence-electron chi connectivity index (χ4n) is 1.41. The second kappa shape index (κ2) is 6.65. The van der Waals surface area contributed by atoms with Gasteiger partial charge in [0.1, 0.15) is 0 Å². The van der Waals surface area contributed by atoms with E-state index in [0.717, 1.165) is 4.31 Å². The van der Waals surface area contributed by atoms with Crippen LogP contribution in [0.2, 0.25) is 0 Å². The summed E-state index contributed by atoms with van der Waals surface area (Å²) >= 11 is 0. The van der Waals surface area contributed by atoms with Crippen LogP contribution < -0.4 is 10.6 Å². The highest BCUT2D eigenvalue weighted by atomic mass is 32.2. The zero-order chi connectivity index (χ0) is 14.5. The third-order valence-corrected chi connectivity index (χ3v) is 4.31. The topological polar surface area (TPSA) is 78.5 Å². The number of carbonyl (C=O) groups excluding carboxylic acids is 1. The van der Waals surface area contributed by atoms with Gasteiger partial charge in [-0.2, -0.15) is 0 Å². The van der Waals surface area contributed by atoms with Gasteiger partial charge in [0, 0.05) is 32.7 Å². The van der Waals surface area contributed by atoms with Gasteiger partial charge in [-0.1, -0.05) is 6.07 Å². The zero-order valence-electron chi connectivity index (χ0n) is 11.3. The summed E-state index contributed by atoms with van der Waals surface area (Å²) in [5, 5.41) is 5.54. The molecule has 0 aliphatic heterocycles. The predicted octanol–water partition coefficient (Wildman–Crippen LogP) is 0.485. The second-order valence-electron chi connectivity index (χ2n) is 4.22. The summed E-state index contributed by atoms with van der Waals surface area (Å²) in [5.74, 6) is -0.159. The molecule has 0 radical (unpaired) electrons. The molecule has 2 N–H and O–H groups in total. The van der Waals surface area contributed by atoms with Crippen molar-refractivity contribution in [3.8, 4) is 0 Å². The smallest absolute Gasteiger partial charge is 0.242 e. The zero-order valence-corrected chi connectivity index (χ0v) is 12.1. The lowest BCUT2D eigenvalue weighted by molar-refractivity contribution is -0.116. The molecule has 1 amide bonds. The van der Waals surface area contributed by atoms with Crippen molar-refractivity contribution in [1.82, 2.24) is 9.62 Å². The number of hydrogen-bond donors (Lipinski definition) is 2. The van der Waals surface area contributed by atoms with Gasteiger partial charge in [-0.3, -0.25) is 4.79 Å². The summed E-state index contributed by atoms with van der Waals surface area (Å²) in [5.41, 5.74) is 0.476. The van der Waals surface area contributed by atoms with Crippen molar-refractivity contribution in [3.05, 3.63) is 24.3 Å². The molecule has 0 saturated heterocycles. The van der Waals surface area contributed by atoms with Gasteiger partial charge in [0.25, 0.3) is 0 Å². The van der Waals surface area contributed by atoms with E-state index in [9.17, 15) is 13.2 Å². The highest BCUT2D eigenvalue weighted by molar-refractivity contribution is 7.89. The van der Waals surface area contributed by atoms with Gasteiger partial charge < -0.3 is 10.6 Å². The largest absolute Gasteiger partial charge is 0.326 e. The number of carbonyl (C=O) groups is 1. The van der Waals surface area contributed by atoms with Crippen LogP contribution in [-0.2, 0) is 14.8 Å². The van der Waals surface area contributed by atoms with Crippen molar-refractivity contribution in [2.24, 2.45) is 0 Å². The van der Waals surface area contributed by atoms with E-state index in [1.807, 2.05) is 0 Å². The molecule has 0 aliphatic carbocycles. The molecule has 1 aromatic carbocycles. The van der Waals surface area contributed by atoms with E-state index >= 15 is 0 Å². The van der Waals surface area contributed by atoms with E-state index in [4.69, 9.17) is 0 Å². The van der Waals surface area contributed by atoms with Crippen LogP contribution in [-0.4, -0.2) is 46.3 Å². The Morgan fingerprint density at radius 3 is 2.58 bits per heavy atom. The Bertz CT molecular complexity index is 541. The van der Waals surface area contributed by atoms with Gasteiger partial charge >= 0.3 is 0 Å². The molecule has 0 saturated carbocycles. The fourth-order valence-corrected chi connectivity index (χ4v) is 2.36. The molecule has 0 heterocycles. The molecule has 1 aromatic rings. The monoisotopic (exact) mass is 285 g/mol. The molecule has 0 fully saturated rings. The highest BCUT2D eigenvalue weighted by Gasteiger charge is 2.17. The normalized spacial score (nSPS) is 11.6. The fraction of sp³-hybridized carbons (Fsp3) is 0.417. The lowest BCUT2D eigenvalue weighted by Crippen LogP contribution is -2.22. The molecule has 106 valence electrons. The number of benzene rings is 1. The first-order valence-corrected chi connectivity index (χ1v) is 7.29. The Balaban J connectivity index is 2.87. The van der Waals surface area contributed by atoms with Crippen molar-refractivity contribution in [2.75, 3.05) is 33.0 Å². The number of nitrogens with one attached hydrogen (secondary N) is 2. The molecule has 0 unspecified atom stereocenters. The predicted molar refractivity (Wildman–Crippen MR) is 74.5 cm³/mol. The lowest BCUT2D eigenvalue weighted by atomic mass is 10.3. The summed E-state index contributed by atoms with van der Waals surface area (Å²) in [6.45, 7) is 0.571. The third kappa shape index (κ3) is 4.30. The van der Waals surface area contributed by atoms with Crippen LogP contribution in [0.3, 0.4) is 0 Å². The van der Waals surface area contributed by atoms with Gasteiger partial charge in [-0.25, -0.2) is 12.7 Å². The maximum atomic E-state index is 11.9. The van der Waals surface area contributed by atoms with Gasteiger partial charge in [0.05, 0.1) is 4.90 Å². The van der Waals surface area contributed by atoms with Crippen molar-refractivity contribution in [2.45, 2.75) is 11.3 Å². The Kier molecular flexibility index (Phi) is 5.46. The van der Waals surface area contributed by atoms with Gasteiger partial charge in [-0.15, -0.1) is 0 Å². The average molecular weight is 285 g/mol. The maximum absolute atomic E-state index is 11.9. The van der Waals surface area contributed by atoms with Crippen molar-refractivity contribution >= 4 is 21.6 Å². The van der Waals surface area contributed by atoms with Gasteiger partial charge in [0.15, 0.2) is 0 Å².